The van der Waals surface area contributed by atoms with Gasteiger partial charge in [-0.2, -0.15) is 13.2 Å². The maximum Gasteiger partial charge on any atom is 0.416 e. The summed E-state index contributed by atoms with van der Waals surface area (Å²) in [5, 5.41) is 0. The lowest BCUT2D eigenvalue weighted by Gasteiger charge is -2.40. The van der Waals surface area contributed by atoms with Crippen molar-refractivity contribution in [3.63, 3.8) is 0 Å². The Morgan fingerprint density at radius 3 is 2.50 bits per heavy atom. The molecular formula is C19H18F3NO. The highest BCUT2D eigenvalue weighted by molar-refractivity contribution is 5.99. The zero-order valence-electron chi connectivity index (χ0n) is 13.1. The van der Waals surface area contributed by atoms with Gasteiger partial charge in [0.05, 0.1) is 5.56 Å². The van der Waals surface area contributed by atoms with Gasteiger partial charge in [-0.3, -0.25) is 9.78 Å². The van der Waals surface area contributed by atoms with Crippen molar-refractivity contribution in [2.45, 2.75) is 38.3 Å². The number of aromatic nitrogens is 1. The number of Topliss-reactive ketones (excluding diaryl/α,β-unsaturated/α-hetero) is 1. The first-order valence-electron chi connectivity index (χ1n) is 8.03. The Labute approximate surface area is 138 Å². The van der Waals surface area contributed by atoms with E-state index in [4.69, 9.17) is 0 Å². The molecule has 2 nitrogen and oxygen atoms in total. The van der Waals surface area contributed by atoms with Crippen LogP contribution in [0.15, 0.2) is 48.7 Å². The van der Waals surface area contributed by atoms with Gasteiger partial charge in [0.15, 0.2) is 5.78 Å². The van der Waals surface area contributed by atoms with Gasteiger partial charge < -0.3 is 0 Å². The van der Waals surface area contributed by atoms with E-state index in [2.05, 4.69) is 4.98 Å². The Hall–Kier alpha value is -2.17. The van der Waals surface area contributed by atoms with Gasteiger partial charge in [-0.15, -0.1) is 0 Å². The normalized spacial score (nSPS) is 16.5. The van der Waals surface area contributed by atoms with Gasteiger partial charge in [0, 0.05) is 11.6 Å². The molecule has 1 aromatic heterocycles. The highest BCUT2D eigenvalue weighted by Gasteiger charge is 2.44. The van der Waals surface area contributed by atoms with Crippen molar-refractivity contribution < 1.29 is 18.0 Å². The SMILES string of the molecule is O=C(c1ccccn1)C1(CCc2cccc(C(F)(F)F)c2)CCC1. The highest BCUT2D eigenvalue weighted by atomic mass is 19.4. The Morgan fingerprint density at radius 1 is 1.12 bits per heavy atom. The molecule has 0 N–H and O–H groups in total. The smallest absolute Gasteiger partial charge is 0.292 e. The monoisotopic (exact) mass is 333 g/mol. The van der Waals surface area contributed by atoms with E-state index in [1.807, 2.05) is 0 Å². The molecule has 0 radical (unpaired) electrons. The third-order valence-corrected chi connectivity index (χ3v) is 4.84. The highest BCUT2D eigenvalue weighted by Crippen LogP contribution is 2.47. The molecule has 1 aromatic carbocycles. The Balaban J connectivity index is 1.74. The van der Waals surface area contributed by atoms with E-state index in [-0.39, 0.29) is 5.78 Å². The third kappa shape index (κ3) is 3.35. The number of ketones is 1. The number of aryl methyl sites for hydroxylation is 1. The van der Waals surface area contributed by atoms with Crippen LogP contribution in [0.2, 0.25) is 0 Å². The molecule has 0 atom stereocenters. The predicted octanol–water partition coefficient (Wildman–Crippen LogP) is 5.09. The topological polar surface area (TPSA) is 30.0 Å². The number of carbonyl (C=O) groups excluding carboxylic acids is 1. The van der Waals surface area contributed by atoms with Crippen LogP contribution in [-0.4, -0.2) is 10.8 Å². The maximum absolute atomic E-state index is 12.8. The minimum absolute atomic E-state index is 0.0151. The number of nitrogens with zero attached hydrogens (tertiary/aromatic N) is 1. The Bertz CT molecular complexity index is 721. The van der Waals surface area contributed by atoms with E-state index in [0.29, 0.717) is 24.1 Å². The molecule has 0 aliphatic heterocycles. The lowest BCUT2D eigenvalue weighted by molar-refractivity contribution is -0.137. The summed E-state index contributed by atoms with van der Waals surface area (Å²) in [6.07, 6.45) is 0.802. The maximum atomic E-state index is 12.8. The van der Waals surface area contributed by atoms with Gasteiger partial charge >= 0.3 is 6.18 Å². The Morgan fingerprint density at radius 2 is 1.92 bits per heavy atom. The summed E-state index contributed by atoms with van der Waals surface area (Å²) in [5.41, 5.74) is -0.0485. The lowest BCUT2D eigenvalue weighted by Crippen LogP contribution is -2.39. The first kappa shape index (κ1) is 16.7. The van der Waals surface area contributed by atoms with Crippen LogP contribution in [0, 0.1) is 5.41 Å². The summed E-state index contributed by atoms with van der Waals surface area (Å²) in [7, 11) is 0. The zero-order valence-corrected chi connectivity index (χ0v) is 13.1. The van der Waals surface area contributed by atoms with E-state index in [1.54, 1.807) is 30.5 Å². The molecule has 5 heteroatoms. The molecule has 1 fully saturated rings. The zero-order chi connectivity index (χ0) is 17.2. The molecule has 24 heavy (non-hydrogen) atoms. The van der Waals surface area contributed by atoms with E-state index in [0.717, 1.165) is 25.3 Å². The molecule has 0 amide bonds. The van der Waals surface area contributed by atoms with Crippen LogP contribution in [0.25, 0.3) is 0 Å². The second-order valence-electron chi connectivity index (χ2n) is 6.38. The number of carbonyl (C=O) groups is 1. The van der Waals surface area contributed by atoms with Gasteiger partial charge in [-0.05, 0) is 49.4 Å². The second-order valence-corrected chi connectivity index (χ2v) is 6.38. The van der Waals surface area contributed by atoms with Gasteiger partial charge in [-0.25, -0.2) is 0 Å². The van der Waals surface area contributed by atoms with Crippen molar-refractivity contribution in [3.05, 3.63) is 65.5 Å². The molecule has 1 aliphatic carbocycles. The largest absolute Gasteiger partial charge is 0.416 e. The third-order valence-electron chi connectivity index (χ3n) is 4.84. The molecule has 0 bridgehead atoms. The van der Waals surface area contributed by atoms with Gasteiger partial charge in [-0.1, -0.05) is 30.7 Å². The average Bonchev–Trinajstić information content (AvgIpc) is 2.54. The van der Waals surface area contributed by atoms with Crippen LogP contribution < -0.4 is 0 Å². The molecule has 1 heterocycles. The van der Waals surface area contributed by atoms with Crippen molar-refractivity contribution in [1.29, 1.82) is 0 Å². The van der Waals surface area contributed by atoms with Crippen LogP contribution >= 0.6 is 0 Å². The van der Waals surface area contributed by atoms with Gasteiger partial charge in [0.1, 0.15) is 5.69 Å². The number of hydrogen-bond acceptors (Lipinski definition) is 2. The number of pyridine rings is 1. The summed E-state index contributed by atoms with van der Waals surface area (Å²) >= 11 is 0. The molecule has 1 aliphatic rings. The predicted molar refractivity (Wildman–Crippen MR) is 84.6 cm³/mol. The fourth-order valence-electron chi connectivity index (χ4n) is 3.25. The minimum Gasteiger partial charge on any atom is -0.292 e. The van der Waals surface area contributed by atoms with E-state index in [1.165, 1.54) is 12.1 Å². The van der Waals surface area contributed by atoms with Crippen molar-refractivity contribution in [2.75, 3.05) is 0 Å². The van der Waals surface area contributed by atoms with Crippen LogP contribution in [0.3, 0.4) is 0 Å². The van der Waals surface area contributed by atoms with Crippen molar-refractivity contribution in [2.24, 2.45) is 5.41 Å². The van der Waals surface area contributed by atoms with Crippen molar-refractivity contribution in [1.82, 2.24) is 4.98 Å². The van der Waals surface area contributed by atoms with Gasteiger partial charge in [0.2, 0.25) is 0 Å². The number of alkyl halides is 3. The molecule has 3 rings (SSSR count). The molecule has 1 saturated carbocycles. The average molecular weight is 333 g/mol. The Kier molecular flexibility index (Phi) is 4.43. The number of rotatable bonds is 5. The number of halogens is 3. The standard InChI is InChI=1S/C19H18F3NO/c20-19(21,22)15-6-3-5-14(13-15)8-11-18(9-4-10-18)17(24)16-7-1-2-12-23-16/h1-3,5-7,12-13H,4,8-11H2. The van der Waals surface area contributed by atoms with Crippen LogP contribution in [0.5, 0.6) is 0 Å². The summed E-state index contributed by atoms with van der Waals surface area (Å²) in [4.78, 5) is 16.9. The van der Waals surface area contributed by atoms with Crippen LogP contribution in [0.1, 0.15) is 47.3 Å². The van der Waals surface area contributed by atoms with Gasteiger partial charge in [0.25, 0.3) is 0 Å². The van der Waals surface area contributed by atoms with Crippen LogP contribution in [-0.2, 0) is 12.6 Å². The van der Waals surface area contributed by atoms with Crippen molar-refractivity contribution in [3.8, 4) is 0 Å². The molecule has 0 unspecified atom stereocenters. The molecule has 2 aromatic rings. The quantitative estimate of drug-likeness (QED) is 0.714. The van der Waals surface area contributed by atoms with Crippen LogP contribution in [0.4, 0.5) is 13.2 Å². The summed E-state index contributed by atoms with van der Waals surface area (Å²) < 4.78 is 38.4. The fraction of sp³-hybridized carbons (Fsp3) is 0.368. The molecule has 0 spiro atoms. The molecular weight excluding hydrogens is 315 g/mol. The second kappa shape index (κ2) is 6.38. The summed E-state index contributed by atoms with van der Waals surface area (Å²) in [5.74, 6) is 0.0151. The van der Waals surface area contributed by atoms with E-state index >= 15 is 0 Å². The lowest BCUT2D eigenvalue weighted by atomic mass is 9.62. The van der Waals surface area contributed by atoms with Crippen molar-refractivity contribution >= 4 is 5.78 Å². The van der Waals surface area contributed by atoms with E-state index in [9.17, 15) is 18.0 Å². The van der Waals surface area contributed by atoms with E-state index < -0.39 is 17.2 Å². The number of hydrogen-bond donors (Lipinski definition) is 0. The minimum atomic E-state index is -4.34. The fourth-order valence-corrected chi connectivity index (χ4v) is 3.25. The first-order valence-corrected chi connectivity index (χ1v) is 8.03. The molecule has 0 saturated heterocycles. The summed E-state index contributed by atoms with van der Waals surface area (Å²) in [6.45, 7) is 0. The summed E-state index contributed by atoms with van der Waals surface area (Å²) in [6, 6.07) is 10.6. The molecule has 126 valence electrons. The number of benzene rings is 1. The first-order chi connectivity index (χ1) is 11.4.